The molecule has 1 aromatic heterocycles. The van der Waals surface area contributed by atoms with Crippen LogP contribution in [0.15, 0.2) is 30.3 Å². The summed E-state index contributed by atoms with van der Waals surface area (Å²) < 4.78 is 39.3. The van der Waals surface area contributed by atoms with Gasteiger partial charge in [-0.25, -0.2) is 18.4 Å². The molecule has 0 spiro atoms. The second-order valence-corrected chi connectivity index (χ2v) is 9.06. The summed E-state index contributed by atoms with van der Waals surface area (Å²) in [7, 11) is 0. The van der Waals surface area contributed by atoms with E-state index in [1.807, 2.05) is 20.8 Å². The molecule has 1 amide bonds. The summed E-state index contributed by atoms with van der Waals surface area (Å²) in [4.78, 5) is 21.7. The third-order valence-corrected chi connectivity index (χ3v) is 5.64. The largest absolute Gasteiger partial charge is 0.484 e. The van der Waals surface area contributed by atoms with E-state index in [1.165, 1.54) is 18.2 Å². The van der Waals surface area contributed by atoms with E-state index in [0.29, 0.717) is 18.8 Å². The number of pyridine rings is 1. The van der Waals surface area contributed by atoms with E-state index in [4.69, 9.17) is 16.0 Å². The van der Waals surface area contributed by atoms with E-state index in [-0.39, 0.29) is 41.2 Å². The molecule has 2 aromatic rings. The van der Waals surface area contributed by atoms with Crippen molar-refractivity contribution < 1.29 is 23.0 Å². The van der Waals surface area contributed by atoms with Crippen LogP contribution in [-0.2, 0) is 16.8 Å². The first kappa shape index (κ1) is 21.0. The Labute approximate surface area is 179 Å². The number of aromatic nitrogens is 1. The van der Waals surface area contributed by atoms with Crippen molar-refractivity contribution in [1.29, 1.82) is 0 Å². The molecule has 2 unspecified atom stereocenters. The maximum atomic E-state index is 14.3. The van der Waals surface area contributed by atoms with E-state index < -0.39 is 17.2 Å². The molecule has 1 aromatic carbocycles. The fraction of sp³-hybridized carbons (Fsp3) is 0.435. The SMILES string of the molecule is [C-]#[N+]c1ccc(OCc2nc(C34CC3CN(C(=O)OC(C)(C)C)C4)ccc2F)c(F)c1. The maximum absolute atomic E-state index is 14.3. The zero-order valence-electron chi connectivity index (χ0n) is 17.6. The van der Waals surface area contributed by atoms with E-state index >= 15 is 0 Å². The zero-order valence-corrected chi connectivity index (χ0v) is 17.6. The van der Waals surface area contributed by atoms with Crippen LogP contribution in [0.25, 0.3) is 4.85 Å². The summed E-state index contributed by atoms with van der Waals surface area (Å²) in [6.07, 6.45) is 0.515. The lowest BCUT2D eigenvalue weighted by Crippen LogP contribution is -2.37. The van der Waals surface area contributed by atoms with Crippen LogP contribution in [0.4, 0.5) is 19.3 Å². The molecule has 1 saturated heterocycles. The lowest BCUT2D eigenvalue weighted by Gasteiger charge is -2.26. The average molecular weight is 427 g/mol. The molecule has 8 heteroatoms. The van der Waals surface area contributed by atoms with Gasteiger partial charge in [-0.15, -0.1) is 0 Å². The van der Waals surface area contributed by atoms with Gasteiger partial charge in [-0.1, -0.05) is 6.07 Å². The highest BCUT2D eigenvalue weighted by molar-refractivity contribution is 5.69. The highest BCUT2D eigenvalue weighted by Gasteiger charge is 2.63. The van der Waals surface area contributed by atoms with E-state index in [1.54, 1.807) is 11.0 Å². The average Bonchev–Trinajstić information content (AvgIpc) is 3.27. The first-order valence-corrected chi connectivity index (χ1v) is 10.0. The number of carbonyl (C=O) groups is 1. The fourth-order valence-corrected chi connectivity index (χ4v) is 4.03. The number of amides is 1. The van der Waals surface area contributed by atoms with Crippen LogP contribution >= 0.6 is 0 Å². The number of hydrogen-bond acceptors (Lipinski definition) is 4. The van der Waals surface area contributed by atoms with Crippen LogP contribution in [0, 0.1) is 24.1 Å². The van der Waals surface area contributed by atoms with Crippen molar-refractivity contribution in [3.05, 3.63) is 64.8 Å². The van der Waals surface area contributed by atoms with Gasteiger partial charge in [-0.05, 0) is 57.4 Å². The molecule has 0 N–H and O–H groups in total. The van der Waals surface area contributed by atoms with Crippen molar-refractivity contribution >= 4 is 11.8 Å². The van der Waals surface area contributed by atoms with Crippen molar-refractivity contribution in [2.45, 2.75) is 44.8 Å². The standard InChI is InChI=1S/C23H23F2N3O3/c1-22(2,3)31-21(29)28-11-14-10-23(14,13-28)20-8-6-16(24)18(27-20)12-30-19-7-5-15(26-4)9-17(19)25/h5-9,14H,10-13H2,1-3H3. The van der Waals surface area contributed by atoms with Crippen molar-refractivity contribution in [1.82, 2.24) is 9.88 Å². The molecule has 0 radical (unpaired) electrons. The molecule has 2 fully saturated rings. The summed E-state index contributed by atoms with van der Waals surface area (Å²) in [5.74, 6) is -1.05. The molecule has 1 aliphatic heterocycles. The topological polar surface area (TPSA) is 56.0 Å². The number of carbonyl (C=O) groups excluding carboxylic acids is 1. The number of hydrogen-bond donors (Lipinski definition) is 0. The Kier molecular flexibility index (Phi) is 5.08. The second-order valence-electron chi connectivity index (χ2n) is 9.06. The van der Waals surface area contributed by atoms with Crippen LogP contribution in [0.3, 0.4) is 0 Å². The summed E-state index contributed by atoms with van der Waals surface area (Å²) >= 11 is 0. The Hall–Kier alpha value is -3.21. The maximum Gasteiger partial charge on any atom is 0.410 e. The van der Waals surface area contributed by atoms with Crippen LogP contribution in [0.2, 0.25) is 0 Å². The lowest BCUT2D eigenvalue weighted by atomic mass is 10.0. The quantitative estimate of drug-likeness (QED) is 0.645. The Bertz CT molecular complexity index is 1080. The van der Waals surface area contributed by atoms with Crippen LogP contribution in [-0.4, -0.2) is 34.7 Å². The van der Waals surface area contributed by atoms with Crippen molar-refractivity contribution in [2.24, 2.45) is 5.92 Å². The predicted octanol–water partition coefficient (Wildman–Crippen LogP) is 5.00. The normalized spacial score (nSPS) is 21.9. The third kappa shape index (κ3) is 4.18. The molecular formula is C23H23F2N3O3. The van der Waals surface area contributed by atoms with E-state index in [2.05, 4.69) is 9.83 Å². The van der Waals surface area contributed by atoms with Gasteiger partial charge in [0.15, 0.2) is 17.3 Å². The number of rotatable bonds is 4. The smallest absolute Gasteiger partial charge is 0.410 e. The Morgan fingerprint density at radius 2 is 2.06 bits per heavy atom. The summed E-state index contributed by atoms with van der Waals surface area (Å²) in [5.41, 5.74) is 0.0554. The minimum absolute atomic E-state index is 0.0709. The second kappa shape index (κ2) is 7.49. The monoisotopic (exact) mass is 427 g/mol. The van der Waals surface area contributed by atoms with Gasteiger partial charge in [0.25, 0.3) is 0 Å². The summed E-state index contributed by atoms with van der Waals surface area (Å²) in [6.45, 7) is 13.2. The zero-order chi connectivity index (χ0) is 22.4. The fourth-order valence-electron chi connectivity index (χ4n) is 4.03. The minimum atomic E-state index is -0.685. The Balaban J connectivity index is 1.48. The van der Waals surface area contributed by atoms with E-state index in [9.17, 15) is 13.6 Å². The highest BCUT2D eigenvalue weighted by Crippen LogP contribution is 2.58. The van der Waals surface area contributed by atoms with Gasteiger partial charge in [0.1, 0.15) is 23.7 Å². The van der Waals surface area contributed by atoms with Gasteiger partial charge in [0.05, 0.1) is 6.57 Å². The van der Waals surface area contributed by atoms with Gasteiger partial charge in [-0.3, -0.25) is 4.98 Å². The number of likely N-dealkylation sites (tertiary alicyclic amines) is 1. The van der Waals surface area contributed by atoms with Gasteiger partial charge in [0.2, 0.25) is 0 Å². The molecule has 6 nitrogen and oxygen atoms in total. The molecule has 2 atom stereocenters. The van der Waals surface area contributed by atoms with Gasteiger partial charge in [0, 0.05) is 24.2 Å². The predicted molar refractivity (Wildman–Crippen MR) is 109 cm³/mol. The lowest BCUT2D eigenvalue weighted by molar-refractivity contribution is 0.0270. The third-order valence-electron chi connectivity index (χ3n) is 5.64. The molecule has 2 heterocycles. The van der Waals surface area contributed by atoms with E-state index in [0.717, 1.165) is 12.5 Å². The highest BCUT2D eigenvalue weighted by atomic mass is 19.1. The number of ether oxygens (including phenoxy) is 2. The number of nitrogens with zero attached hydrogens (tertiary/aromatic N) is 3. The molecule has 2 aliphatic rings. The molecule has 1 saturated carbocycles. The molecule has 1 aliphatic carbocycles. The Morgan fingerprint density at radius 3 is 2.74 bits per heavy atom. The van der Waals surface area contributed by atoms with Gasteiger partial charge in [-0.2, -0.15) is 0 Å². The molecule has 162 valence electrons. The first-order chi connectivity index (χ1) is 14.6. The molecular weight excluding hydrogens is 404 g/mol. The van der Waals surface area contributed by atoms with Gasteiger partial charge >= 0.3 is 6.09 Å². The van der Waals surface area contributed by atoms with Crippen LogP contribution in [0.1, 0.15) is 38.6 Å². The number of benzene rings is 1. The molecule has 0 bridgehead atoms. The van der Waals surface area contributed by atoms with Gasteiger partial charge < -0.3 is 14.4 Å². The number of fused-ring (bicyclic) bond motifs is 1. The molecule has 31 heavy (non-hydrogen) atoms. The number of halogens is 2. The summed E-state index contributed by atoms with van der Waals surface area (Å²) in [6, 6.07) is 6.82. The number of piperidine rings is 1. The van der Waals surface area contributed by atoms with Crippen molar-refractivity contribution in [3.8, 4) is 5.75 Å². The van der Waals surface area contributed by atoms with Crippen molar-refractivity contribution in [3.63, 3.8) is 0 Å². The minimum Gasteiger partial charge on any atom is -0.484 e. The van der Waals surface area contributed by atoms with Crippen molar-refractivity contribution in [2.75, 3.05) is 13.1 Å². The Morgan fingerprint density at radius 1 is 1.29 bits per heavy atom. The van der Waals surface area contributed by atoms with Crippen LogP contribution in [0.5, 0.6) is 5.75 Å². The van der Waals surface area contributed by atoms with Crippen LogP contribution < -0.4 is 4.74 Å². The summed E-state index contributed by atoms with van der Waals surface area (Å²) in [5, 5.41) is 0. The first-order valence-electron chi connectivity index (χ1n) is 10.0. The molecule has 4 rings (SSSR count).